The molecule has 1 aromatic carbocycles. The molecular formula is C23H29NO5. The van der Waals surface area contributed by atoms with Crippen LogP contribution in [-0.4, -0.2) is 37.4 Å². The molecule has 6 nitrogen and oxygen atoms in total. The lowest BCUT2D eigenvalue weighted by Gasteiger charge is -2.56. The van der Waals surface area contributed by atoms with E-state index in [1.54, 1.807) is 24.3 Å². The monoisotopic (exact) mass is 399 g/mol. The third kappa shape index (κ3) is 4.80. The van der Waals surface area contributed by atoms with Crippen LogP contribution in [0, 0.1) is 23.2 Å². The Morgan fingerprint density at radius 3 is 2.10 bits per heavy atom. The second-order valence-corrected chi connectivity index (χ2v) is 9.22. The van der Waals surface area contributed by atoms with Gasteiger partial charge in [-0.1, -0.05) is 0 Å². The van der Waals surface area contributed by atoms with E-state index in [0.29, 0.717) is 17.9 Å². The van der Waals surface area contributed by atoms with Crippen LogP contribution in [-0.2, 0) is 14.3 Å². The van der Waals surface area contributed by atoms with Crippen LogP contribution in [0.2, 0.25) is 0 Å². The third-order valence-corrected chi connectivity index (χ3v) is 6.81. The predicted octanol–water partition coefficient (Wildman–Crippen LogP) is 3.14. The van der Waals surface area contributed by atoms with E-state index >= 15 is 0 Å². The van der Waals surface area contributed by atoms with E-state index in [4.69, 9.17) is 9.47 Å². The van der Waals surface area contributed by atoms with Crippen LogP contribution in [0.1, 0.15) is 55.8 Å². The Labute approximate surface area is 171 Å². The standard InChI is InChI=1S/C23H29NO5/c1-15(25)19-2-4-20(5-3-19)28-13-22(27)29-12-21(26)24-14-23-9-16-6-17(10-23)8-18(7-16)11-23/h2-5,16-18H,6-14H2,1H3,(H,24,26). The first-order valence-corrected chi connectivity index (χ1v) is 10.6. The second kappa shape index (κ2) is 8.17. The van der Waals surface area contributed by atoms with E-state index in [1.807, 2.05) is 0 Å². The molecule has 0 saturated heterocycles. The number of nitrogens with one attached hydrogen (secondary N) is 1. The number of ether oxygens (including phenoxy) is 2. The first kappa shape index (κ1) is 19.9. The van der Waals surface area contributed by atoms with Gasteiger partial charge in [-0.25, -0.2) is 4.79 Å². The van der Waals surface area contributed by atoms with Gasteiger partial charge in [0, 0.05) is 12.1 Å². The Morgan fingerprint density at radius 1 is 0.966 bits per heavy atom. The van der Waals surface area contributed by atoms with Gasteiger partial charge < -0.3 is 14.8 Å². The van der Waals surface area contributed by atoms with Gasteiger partial charge in [0.25, 0.3) is 5.91 Å². The van der Waals surface area contributed by atoms with E-state index in [1.165, 1.54) is 45.4 Å². The molecule has 4 bridgehead atoms. The molecule has 1 aromatic rings. The van der Waals surface area contributed by atoms with Crippen molar-refractivity contribution < 1.29 is 23.9 Å². The summed E-state index contributed by atoms with van der Waals surface area (Å²) < 4.78 is 10.4. The molecule has 4 aliphatic carbocycles. The number of esters is 1. The van der Waals surface area contributed by atoms with Crippen LogP contribution in [0.4, 0.5) is 0 Å². The summed E-state index contributed by atoms with van der Waals surface area (Å²) in [6, 6.07) is 6.53. The zero-order valence-corrected chi connectivity index (χ0v) is 16.9. The summed E-state index contributed by atoms with van der Waals surface area (Å²) >= 11 is 0. The fourth-order valence-corrected chi connectivity index (χ4v) is 5.96. The first-order valence-electron chi connectivity index (χ1n) is 10.6. The van der Waals surface area contributed by atoms with Gasteiger partial charge in [-0.3, -0.25) is 9.59 Å². The maximum absolute atomic E-state index is 12.2. The molecule has 0 atom stereocenters. The highest BCUT2D eigenvalue weighted by atomic mass is 16.6. The van der Waals surface area contributed by atoms with Gasteiger partial charge in [0.2, 0.25) is 0 Å². The Kier molecular flexibility index (Phi) is 5.61. The van der Waals surface area contributed by atoms with Crippen molar-refractivity contribution in [2.45, 2.75) is 45.4 Å². The zero-order chi connectivity index (χ0) is 20.4. The van der Waals surface area contributed by atoms with E-state index in [9.17, 15) is 14.4 Å². The summed E-state index contributed by atoms with van der Waals surface area (Å²) in [6.07, 6.45) is 7.83. The van der Waals surface area contributed by atoms with Crippen LogP contribution < -0.4 is 10.1 Å². The van der Waals surface area contributed by atoms with Crippen molar-refractivity contribution in [3.8, 4) is 5.75 Å². The van der Waals surface area contributed by atoms with E-state index in [-0.39, 0.29) is 30.3 Å². The average Bonchev–Trinajstić information content (AvgIpc) is 2.68. The van der Waals surface area contributed by atoms with E-state index < -0.39 is 5.97 Å². The van der Waals surface area contributed by atoms with E-state index in [0.717, 1.165) is 17.8 Å². The van der Waals surface area contributed by atoms with Crippen molar-refractivity contribution in [1.82, 2.24) is 5.32 Å². The maximum Gasteiger partial charge on any atom is 0.344 e. The molecule has 5 rings (SSSR count). The molecular weight excluding hydrogens is 370 g/mol. The van der Waals surface area contributed by atoms with Crippen LogP contribution in [0.25, 0.3) is 0 Å². The summed E-state index contributed by atoms with van der Waals surface area (Å²) in [5.41, 5.74) is 0.847. The molecule has 1 amide bonds. The zero-order valence-electron chi connectivity index (χ0n) is 16.9. The van der Waals surface area contributed by atoms with Crippen LogP contribution in [0.3, 0.4) is 0 Å². The van der Waals surface area contributed by atoms with Gasteiger partial charge in [0.05, 0.1) is 0 Å². The quantitative estimate of drug-likeness (QED) is 0.536. The van der Waals surface area contributed by atoms with Gasteiger partial charge in [-0.05, 0) is 92.9 Å². The molecule has 4 saturated carbocycles. The number of carbonyl (C=O) groups excluding carboxylic acids is 3. The molecule has 0 radical (unpaired) electrons. The van der Waals surface area contributed by atoms with Crippen LogP contribution in [0.15, 0.2) is 24.3 Å². The lowest BCUT2D eigenvalue weighted by atomic mass is 9.49. The number of hydrogen-bond acceptors (Lipinski definition) is 5. The van der Waals surface area contributed by atoms with E-state index in [2.05, 4.69) is 5.32 Å². The Morgan fingerprint density at radius 2 is 1.55 bits per heavy atom. The van der Waals surface area contributed by atoms with Gasteiger partial charge in [-0.2, -0.15) is 0 Å². The smallest absolute Gasteiger partial charge is 0.344 e. The summed E-state index contributed by atoms with van der Waals surface area (Å²) in [4.78, 5) is 35.2. The number of hydrogen-bond donors (Lipinski definition) is 1. The SMILES string of the molecule is CC(=O)c1ccc(OCC(=O)OCC(=O)NCC23CC4CC(CC(C4)C2)C3)cc1. The number of ketones is 1. The number of rotatable bonds is 8. The number of carbonyl (C=O) groups is 3. The van der Waals surface area contributed by atoms with Gasteiger partial charge in [0.15, 0.2) is 19.0 Å². The molecule has 0 aromatic heterocycles. The molecule has 156 valence electrons. The van der Waals surface area contributed by atoms with Crippen LogP contribution in [0.5, 0.6) is 5.75 Å². The van der Waals surface area contributed by atoms with Crippen molar-refractivity contribution >= 4 is 17.7 Å². The highest BCUT2D eigenvalue weighted by Crippen LogP contribution is 2.59. The fraction of sp³-hybridized carbons (Fsp3) is 0.609. The molecule has 4 fully saturated rings. The van der Waals surface area contributed by atoms with Crippen molar-refractivity contribution in [2.75, 3.05) is 19.8 Å². The highest BCUT2D eigenvalue weighted by molar-refractivity contribution is 5.94. The van der Waals surface area contributed by atoms with Crippen LogP contribution >= 0.6 is 0 Å². The van der Waals surface area contributed by atoms with Crippen molar-refractivity contribution in [2.24, 2.45) is 23.2 Å². The van der Waals surface area contributed by atoms with Crippen molar-refractivity contribution in [3.63, 3.8) is 0 Å². The molecule has 0 heterocycles. The molecule has 0 unspecified atom stereocenters. The van der Waals surface area contributed by atoms with Crippen molar-refractivity contribution in [1.29, 1.82) is 0 Å². The largest absolute Gasteiger partial charge is 0.482 e. The summed E-state index contributed by atoms with van der Waals surface area (Å²) in [7, 11) is 0. The van der Waals surface area contributed by atoms with Gasteiger partial charge in [0.1, 0.15) is 5.75 Å². The average molecular weight is 399 g/mol. The first-order chi connectivity index (χ1) is 13.9. The summed E-state index contributed by atoms with van der Waals surface area (Å²) in [5.74, 6) is 2.13. The highest BCUT2D eigenvalue weighted by Gasteiger charge is 2.50. The lowest BCUT2D eigenvalue weighted by molar-refractivity contribution is -0.150. The summed E-state index contributed by atoms with van der Waals surface area (Å²) in [5, 5.41) is 3.00. The second-order valence-electron chi connectivity index (χ2n) is 9.22. The Balaban J connectivity index is 1.16. The maximum atomic E-state index is 12.2. The fourth-order valence-electron chi connectivity index (χ4n) is 5.96. The minimum atomic E-state index is -0.592. The topological polar surface area (TPSA) is 81.7 Å². The Bertz CT molecular complexity index is 750. The Hall–Kier alpha value is -2.37. The number of amides is 1. The third-order valence-electron chi connectivity index (χ3n) is 6.81. The molecule has 29 heavy (non-hydrogen) atoms. The van der Waals surface area contributed by atoms with Crippen molar-refractivity contribution in [3.05, 3.63) is 29.8 Å². The summed E-state index contributed by atoms with van der Waals surface area (Å²) in [6.45, 7) is 1.63. The molecule has 6 heteroatoms. The normalized spacial score (nSPS) is 29.3. The minimum Gasteiger partial charge on any atom is -0.482 e. The molecule has 0 spiro atoms. The number of Topliss-reactive ketones (excluding diaryl/α,β-unsaturated/α-hetero) is 1. The molecule has 1 N–H and O–H groups in total. The molecule has 4 aliphatic rings. The minimum absolute atomic E-state index is 0.0319. The van der Waals surface area contributed by atoms with Gasteiger partial charge in [-0.15, -0.1) is 0 Å². The predicted molar refractivity (Wildman–Crippen MR) is 107 cm³/mol. The van der Waals surface area contributed by atoms with Gasteiger partial charge >= 0.3 is 5.97 Å². The number of benzene rings is 1. The lowest BCUT2D eigenvalue weighted by Crippen LogP contribution is -2.51. The molecule has 0 aliphatic heterocycles.